The van der Waals surface area contributed by atoms with E-state index in [4.69, 9.17) is 4.74 Å². The smallest absolute Gasteiger partial charge is 0.274 e. The molecule has 0 aliphatic rings. The third kappa shape index (κ3) is 4.94. The first-order chi connectivity index (χ1) is 14.8. The number of quaternary nitrogens is 1. The summed E-state index contributed by atoms with van der Waals surface area (Å²) in [4.78, 5) is 27.2. The number of fused-ring (bicyclic) bond motifs is 1. The highest BCUT2D eigenvalue weighted by atomic mass is 16.5. The van der Waals surface area contributed by atoms with Crippen LogP contribution < -0.4 is 20.5 Å². The molecule has 0 aliphatic heterocycles. The van der Waals surface area contributed by atoms with Crippen molar-refractivity contribution in [2.24, 2.45) is 5.92 Å². The summed E-state index contributed by atoms with van der Waals surface area (Å²) < 4.78 is 6.91. The fourth-order valence-corrected chi connectivity index (χ4v) is 3.73. The fraction of sp³-hybridized carbons (Fsp3) is 0.375. The van der Waals surface area contributed by atoms with Crippen molar-refractivity contribution < 1.29 is 14.4 Å². The Morgan fingerprint density at radius 3 is 2.39 bits per heavy atom. The zero-order chi connectivity index (χ0) is 22.5. The number of nitrogens with zero attached hydrogens (tertiary/aromatic N) is 2. The molecule has 2 N–H and O–H groups in total. The molecule has 31 heavy (non-hydrogen) atoms. The van der Waals surface area contributed by atoms with Crippen molar-refractivity contribution in [3.8, 4) is 5.75 Å². The topological polar surface area (TPSA) is 77.7 Å². The largest absolute Gasteiger partial charge is 0.496 e. The van der Waals surface area contributed by atoms with Gasteiger partial charge in [0, 0.05) is 11.9 Å². The maximum atomic E-state index is 13.2. The normalized spacial score (nSPS) is 12.4. The minimum atomic E-state index is -0.296. The van der Waals surface area contributed by atoms with E-state index in [-0.39, 0.29) is 29.1 Å². The third-order valence-corrected chi connectivity index (χ3v) is 5.30. The quantitative estimate of drug-likeness (QED) is 0.578. The summed E-state index contributed by atoms with van der Waals surface area (Å²) in [5.74, 6) is 0.724. The molecule has 0 fully saturated rings. The van der Waals surface area contributed by atoms with Gasteiger partial charge in [-0.05, 0) is 24.1 Å². The van der Waals surface area contributed by atoms with E-state index in [0.717, 1.165) is 16.2 Å². The lowest BCUT2D eigenvalue weighted by Gasteiger charge is -2.24. The SMILES string of the molecule is COc1ccccc1[C@H](CNC(=O)c1nn(CC(C)C)c(=O)c2ccccc12)[NH+](C)C. The molecule has 0 unspecified atom stereocenters. The van der Waals surface area contributed by atoms with Crippen molar-refractivity contribution in [3.05, 3.63) is 70.1 Å². The van der Waals surface area contributed by atoms with Gasteiger partial charge in [0.05, 0.1) is 38.7 Å². The van der Waals surface area contributed by atoms with Crippen molar-refractivity contribution in [2.45, 2.75) is 26.4 Å². The summed E-state index contributed by atoms with van der Waals surface area (Å²) >= 11 is 0. The molecule has 0 saturated carbocycles. The second-order valence-corrected chi connectivity index (χ2v) is 8.36. The summed E-state index contributed by atoms with van der Waals surface area (Å²) in [6, 6.07) is 15.0. The Morgan fingerprint density at radius 1 is 1.10 bits per heavy atom. The van der Waals surface area contributed by atoms with Gasteiger partial charge in [-0.1, -0.05) is 44.2 Å². The van der Waals surface area contributed by atoms with Crippen LogP contribution in [0.4, 0.5) is 0 Å². The minimum absolute atomic E-state index is 0.00654. The van der Waals surface area contributed by atoms with Gasteiger partial charge in [-0.15, -0.1) is 0 Å². The van der Waals surface area contributed by atoms with Gasteiger partial charge in [-0.25, -0.2) is 4.68 Å². The van der Waals surface area contributed by atoms with Crippen molar-refractivity contribution in [3.63, 3.8) is 0 Å². The van der Waals surface area contributed by atoms with Crippen LogP contribution >= 0.6 is 0 Å². The summed E-state index contributed by atoms with van der Waals surface area (Å²) in [7, 11) is 5.73. The molecular weight excluding hydrogens is 392 g/mol. The molecule has 1 heterocycles. The van der Waals surface area contributed by atoms with Gasteiger partial charge in [-0.3, -0.25) is 9.59 Å². The van der Waals surface area contributed by atoms with E-state index in [1.807, 2.05) is 58.3 Å². The van der Waals surface area contributed by atoms with Crippen molar-refractivity contribution >= 4 is 16.7 Å². The van der Waals surface area contributed by atoms with Gasteiger partial charge in [0.25, 0.3) is 11.5 Å². The third-order valence-electron chi connectivity index (χ3n) is 5.30. The number of nitrogens with one attached hydrogen (secondary N) is 2. The Bertz CT molecular complexity index is 1120. The number of rotatable bonds is 8. The maximum Gasteiger partial charge on any atom is 0.274 e. The molecule has 1 atom stereocenters. The molecule has 0 saturated heterocycles. The number of ether oxygens (including phenoxy) is 1. The molecule has 2 aromatic carbocycles. The van der Waals surface area contributed by atoms with Crippen molar-refractivity contribution in [1.82, 2.24) is 15.1 Å². The molecule has 3 aromatic rings. The minimum Gasteiger partial charge on any atom is -0.496 e. The summed E-state index contributed by atoms with van der Waals surface area (Å²) in [5.41, 5.74) is 1.11. The molecule has 0 aliphatic carbocycles. The van der Waals surface area contributed by atoms with Gasteiger partial charge < -0.3 is 15.0 Å². The van der Waals surface area contributed by atoms with Crippen LogP contribution in [0.5, 0.6) is 5.75 Å². The molecular formula is C24H31N4O3+. The summed E-state index contributed by atoms with van der Waals surface area (Å²) in [6.07, 6.45) is 0. The molecule has 3 rings (SSSR count). The number of likely N-dealkylation sites (N-methyl/N-ethyl adjacent to an activating group) is 1. The number of benzene rings is 2. The maximum absolute atomic E-state index is 13.2. The Labute approximate surface area is 182 Å². The highest BCUT2D eigenvalue weighted by Gasteiger charge is 2.24. The van der Waals surface area contributed by atoms with Crippen molar-refractivity contribution in [1.29, 1.82) is 0 Å². The van der Waals surface area contributed by atoms with E-state index in [9.17, 15) is 9.59 Å². The first kappa shape index (κ1) is 22.5. The fourth-order valence-electron chi connectivity index (χ4n) is 3.73. The average Bonchev–Trinajstić information content (AvgIpc) is 2.75. The summed E-state index contributed by atoms with van der Waals surface area (Å²) in [6.45, 7) is 4.89. The van der Waals surface area contributed by atoms with Gasteiger partial charge in [0.2, 0.25) is 0 Å². The van der Waals surface area contributed by atoms with Gasteiger partial charge in [0.1, 0.15) is 11.8 Å². The number of carbonyl (C=O) groups is 1. The summed E-state index contributed by atoms with van der Waals surface area (Å²) in [5, 5.41) is 8.53. The number of carbonyl (C=O) groups excluding carboxylic acids is 1. The Balaban J connectivity index is 1.94. The number of para-hydroxylation sites is 1. The number of methoxy groups -OCH3 is 1. The average molecular weight is 424 g/mol. The van der Waals surface area contributed by atoms with E-state index >= 15 is 0 Å². The highest BCUT2D eigenvalue weighted by Crippen LogP contribution is 2.22. The number of hydrogen-bond donors (Lipinski definition) is 2. The zero-order valence-corrected chi connectivity index (χ0v) is 18.8. The molecule has 0 bridgehead atoms. The van der Waals surface area contributed by atoms with E-state index in [0.29, 0.717) is 23.9 Å². The second-order valence-electron chi connectivity index (χ2n) is 8.36. The van der Waals surface area contributed by atoms with Crippen molar-refractivity contribution in [2.75, 3.05) is 27.7 Å². The van der Waals surface area contributed by atoms with Crippen LogP contribution in [0.1, 0.15) is 35.9 Å². The molecule has 0 spiro atoms. The Morgan fingerprint density at radius 2 is 1.74 bits per heavy atom. The number of aromatic nitrogens is 2. The molecule has 7 nitrogen and oxygen atoms in total. The van der Waals surface area contributed by atoms with E-state index in [1.54, 1.807) is 25.3 Å². The van der Waals surface area contributed by atoms with Gasteiger partial charge in [-0.2, -0.15) is 5.10 Å². The lowest BCUT2D eigenvalue weighted by Crippen LogP contribution is -3.07. The van der Waals surface area contributed by atoms with Crippen LogP contribution in [0.2, 0.25) is 0 Å². The highest BCUT2D eigenvalue weighted by molar-refractivity contribution is 6.04. The van der Waals surface area contributed by atoms with Crippen LogP contribution in [0.25, 0.3) is 10.8 Å². The predicted octanol–water partition coefficient (Wildman–Crippen LogP) is 1.68. The second kappa shape index (κ2) is 9.75. The Hall–Kier alpha value is -3.19. The number of amides is 1. The van der Waals surface area contributed by atoms with Crippen LogP contribution in [-0.2, 0) is 6.54 Å². The lowest BCUT2D eigenvalue weighted by molar-refractivity contribution is -0.890. The van der Waals surface area contributed by atoms with E-state index < -0.39 is 0 Å². The first-order valence-electron chi connectivity index (χ1n) is 10.5. The monoisotopic (exact) mass is 423 g/mol. The molecule has 7 heteroatoms. The van der Waals surface area contributed by atoms with E-state index in [1.165, 1.54) is 4.68 Å². The van der Waals surface area contributed by atoms with Gasteiger partial charge >= 0.3 is 0 Å². The molecule has 0 radical (unpaired) electrons. The van der Waals surface area contributed by atoms with Crippen LogP contribution in [0, 0.1) is 5.92 Å². The molecule has 1 amide bonds. The van der Waals surface area contributed by atoms with E-state index in [2.05, 4.69) is 10.4 Å². The van der Waals surface area contributed by atoms with Crippen LogP contribution in [0.3, 0.4) is 0 Å². The Kier molecular flexibility index (Phi) is 7.07. The van der Waals surface area contributed by atoms with Crippen LogP contribution in [-0.4, -0.2) is 43.4 Å². The van der Waals surface area contributed by atoms with Gasteiger partial charge in [0.15, 0.2) is 5.69 Å². The van der Waals surface area contributed by atoms with Crippen LogP contribution in [0.15, 0.2) is 53.3 Å². The standard InChI is InChI=1S/C24H30N4O3/c1-16(2)15-28-24(30)18-11-7-6-10-17(18)22(26-28)23(29)25-14-20(27(3)4)19-12-8-9-13-21(19)31-5/h6-13,16,20H,14-15H2,1-5H3,(H,25,29)/p+1/t20-/m0/s1. The predicted molar refractivity (Wildman–Crippen MR) is 122 cm³/mol. The number of hydrogen-bond acceptors (Lipinski definition) is 4. The molecule has 1 aromatic heterocycles. The lowest BCUT2D eigenvalue weighted by atomic mass is 10.0. The zero-order valence-electron chi connectivity index (χ0n) is 18.8. The molecule has 164 valence electrons. The first-order valence-corrected chi connectivity index (χ1v) is 10.5.